The van der Waals surface area contributed by atoms with E-state index in [1.54, 1.807) is 18.9 Å². The van der Waals surface area contributed by atoms with Crippen molar-refractivity contribution in [1.29, 1.82) is 0 Å². The Morgan fingerprint density at radius 1 is 1.27 bits per heavy atom. The molecule has 1 aromatic heterocycles. The van der Waals surface area contributed by atoms with Crippen LogP contribution in [0.5, 0.6) is 5.75 Å². The lowest BCUT2D eigenvalue weighted by Gasteiger charge is -2.22. The lowest BCUT2D eigenvalue weighted by molar-refractivity contribution is -0.117. The number of hydrogen-bond acceptors (Lipinski definition) is 6. The molecular formula is C19H27N3O2S2. The summed E-state index contributed by atoms with van der Waals surface area (Å²) in [4.78, 5) is 12.2. The van der Waals surface area contributed by atoms with Crippen molar-refractivity contribution in [3.8, 4) is 5.75 Å². The van der Waals surface area contributed by atoms with E-state index in [-0.39, 0.29) is 11.3 Å². The number of thioether (sulfide) groups is 1. The van der Waals surface area contributed by atoms with Gasteiger partial charge in [0.05, 0.1) is 7.11 Å². The molecule has 0 aliphatic carbocycles. The highest BCUT2D eigenvalue weighted by atomic mass is 32.2. The van der Waals surface area contributed by atoms with Crippen LogP contribution in [0, 0.1) is 11.3 Å². The number of carbonyl (C=O) groups is 1. The number of anilines is 1. The van der Waals surface area contributed by atoms with Gasteiger partial charge in [-0.05, 0) is 35.4 Å². The second-order valence-corrected chi connectivity index (χ2v) is 9.83. The molecule has 2 rings (SSSR count). The maximum Gasteiger partial charge on any atom is 0.226 e. The number of methoxy groups -OCH3 is 1. The van der Waals surface area contributed by atoms with Gasteiger partial charge in [-0.25, -0.2) is 0 Å². The zero-order valence-electron chi connectivity index (χ0n) is 16.0. The molecule has 1 N–H and O–H groups in total. The van der Waals surface area contributed by atoms with Crippen LogP contribution in [-0.4, -0.2) is 23.2 Å². The van der Waals surface area contributed by atoms with Crippen LogP contribution in [0.3, 0.4) is 0 Å². The first kappa shape index (κ1) is 20.7. The zero-order chi connectivity index (χ0) is 19.2. The SMILES string of the molecule is COc1ccc(CSc2nnc(NC(=O)C[C@H](C)CC(C)(C)C)s2)cc1. The third-order valence-corrected chi connectivity index (χ3v) is 5.71. The molecule has 2 aromatic rings. The molecule has 26 heavy (non-hydrogen) atoms. The molecule has 0 unspecified atom stereocenters. The van der Waals surface area contributed by atoms with E-state index in [2.05, 4.69) is 43.2 Å². The summed E-state index contributed by atoms with van der Waals surface area (Å²) in [6.07, 6.45) is 1.52. The number of benzene rings is 1. The molecule has 1 atom stereocenters. The molecule has 0 bridgehead atoms. The highest BCUT2D eigenvalue weighted by Gasteiger charge is 2.18. The highest BCUT2D eigenvalue weighted by molar-refractivity contribution is 8.00. The van der Waals surface area contributed by atoms with E-state index in [1.165, 1.54) is 16.9 Å². The fourth-order valence-corrected chi connectivity index (χ4v) is 4.51. The number of amides is 1. The lowest BCUT2D eigenvalue weighted by atomic mass is 9.84. The van der Waals surface area contributed by atoms with Crippen molar-refractivity contribution < 1.29 is 9.53 Å². The average molecular weight is 394 g/mol. The molecule has 0 aliphatic rings. The van der Waals surface area contributed by atoms with Gasteiger partial charge >= 0.3 is 0 Å². The van der Waals surface area contributed by atoms with E-state index in [1.807, 2.05) is 24.3 Å². The standard InChI is InChI=1S/C19H27N3O2S2/c1-13(11-19(2,3)4)10-16(23)20-17-21-22-18(26-17)25-12-14-6-8-15(24-5)9-7-14/h6-9,13H,10-12H2,1-5H3,(H,20,21,23)/t13-/m0/s1. The highest BCUT2D eigenvalue weighted by Crippen LogP contribution is 2.30. The fraction of sp³-hybridized carbons (Fsp3) is 0.526. The van der Waals surface area contributed by atoms with Gasteiger partial charge in [0.15, 0.2) is 4.34 Å². The van der Waals surface area contributed by atoms with Crippen LogP contribution >= 0.6 is 23.1 Å². The van der Waals surface area contributed by atoms with Gasteiger partial charge in [-0.3, -0.25) is 4.79 Å². The Labute approximate surface area is 163 Å². The second-order valence-electron chi connectivity index (χ2n) is 7.63. The largest absolute Gasteiger partial charge is 0.497 e. The predicted octanol–water partition coefficient (Wildman–Crippen LogP) is 5.24. The molecule has 0 aliphatic heterocycles. The van der Waals surface area contributed by atoms with E-state index < -0.39 is 0 Å². The number of nitrogens with zero attached hydrogens (tertiary/aromatic N) is 2. The number of rotatable bonds is 8. The van der Waals surface area contributed by atoms with Crippen molar-refractivity contribution in [1.82, 2.24) is 10.2 Å². The Bertz CT molecular complexity index is 708. The first-order chi connectivity index (χ1) is 12.2. The molecule has 7 heteroatoms. The summed E-state index contributed by atoms with van der Waals surface area (Å²) in [5, 5.41) is 11.7. The van der Waals surface area contributed by atoms with E-state index in [9.17, 15) is 4.79 Å². The Morgan fingerprint density at radius 2 is 1.96 bits per heavy atom. The zero-order valence-corrected chi connectivity index (χ0v) is 17.7. The Morgan fingerprint density at radius 3 is 2.58 bits per heavy atom. The molecule has 1 amide bonds. The fourth-order valence-electron chi connectivity index (χ4n) is 2.79. The van der Waals surface area contributed by atoms with Gasteiger partial charge in [0, 0.05) is 12.2 Å². The minimum Gasteiger partial charge on any atom is -0.497 e. The predicted molar refractivity (Wildman–Crippen MR) is 109 cm³/mol. The van der Waals surface area contributed by atoms with Crippen molar-refractivity contribution in [2.45, 2.75) is 50.6 Å². The Balaban J connectivity index is 1.80. The topological polar surface area (TPSA) is 64.1 Å². The molecule has 1 heterocycles. The van der Waals surface area contributed by atoms with Crippen molar-refractivity contribution in [2.75, 3.05) is 12.4 Å². The summed E-state index contributed by atoms with van der Waals surface area (Å²) < 4.78 is 6.01. The molecule has 0 saturated heterocycles. The first-order valence-corrected chi connectivity index (χ1v) is 10.4. The normalized spacial score (nSPS) is 12.7. The van der Waals surface area contributed by atoms with Crippen molar-refractivity contribution >= 4 is 34.1 Å². The smallest absolute Gasteiger partial charge is 0.226 e. The number of aromatic nitrogens is 2. The summed E-state index contributed by atoms with van der Waals surface area (Å²) >= 11 is 3.02. The summed E-state index contributed by atoms with van der Waals surface area (Å²) in [5.41, 5.74) is 1.42. The van der Waals surface area contributed by atoms with Crippen molar-refractivity contribution in [3.63, 3.8) is 0 Å². The van der Waals surface area contributed by atoms with Crippen LogP contribution in [0.15, 0.2) is 28.6 Å². The van der Waals surface area contributed by atoms with Crippen LogP contribution in [0.4, 0.5) is 5.13 Å². The van der Waals surface area contributed by atoms with Crippen molar-refractivity contribution in [2.24, 2.45) is 11.3 Å². The molecule has 1 aromatic carbocycles. The van der Waals surface area contributed by atoms with Gasteiger partial charge in [0.25, 0.3) is 0 Å². The molecule has 0 fully saturated rings. The second kappa shape index (κ2) is 9.37. The van der Waals surface area contributed by atoms with E-state index >= 15 is 0 Å². The molecule has 5 nitrogen and oxygen atoms in total. The van der Waals surface area contributed by atoms with Crippen LogP contribution in [-0.2, 0) is 10.5 Å². The average Bonchev–Trinajstić information content (AvgIpc) is 2.98. The minimum absolute atomic E-state index is 0.00426. The van der Waals surface area contributed by atoms with Gasteiger partial charge in [-0.15, -0.1) is 10.2 Å². The molecule has 0 saturated carbocycles. The summed E-state index contributed by atoms with van der Waals surface area (Å²) in [6.45, 7) is 8.69. The van der Waals surface area contributed by atoms with Crippen molar-refractivity contribution in [3.05, 3.63) is 29.8 Å². The van der Waals surface area contributed by atoms with Crippen LogP contribution in [0.1, 0.15) is 46.1 Å². The molecule has 0 radical (unpaired) electrons. The van der Waals surface area contributed by atoms with Gasteiger partial charge in [0.1, 0.15) is 5.75 Å². The molecule has 0 spiro atoms. The van der Waals surface area contributed by atoms with Crippen LogP contribution < -0.4 is 10.1 Å². The third kappa shape index (κ3) is 7.33. The minimum atomic E-state index is 0.00426. The van der Waals surface area contributed by atoms with Crippen LogP contribution in [0.25, 0.3) is 0 Å². The van der Waals surface area contributed by atoms with Gasteiger partial charge < -0.3 is 10.1 Å². The number of nitrogens with one attached hydrogen (secondary N) is 1. The van der Waals surface area contributed by atoms with Gasteiger partial charge in [0.2, 0.25) is 11.0 Å². The lowest BCUT2D eigenvalue weighted by Crippen LogP contribution is -2.18. The van der Waals surface area contributed by atoms with E-state index in [4.69, 9.17) is 4.74 Å². The molecule has 142 valence electrons. The quantitative estimate of drug-likeness (QED) is 0.491. The maximum atomic E-state index is 12.2. The van der Waals surface area contributed by atoms with E-state index in [0.29, 0.717) is 17.5 Å². The summed E-state index contributed by atoms with van der Waals surface area (Å²) in [7, 11) is 1.66. The summed E-state index contributed by atoms with van der Waals surface area (Å²) in [6, 6.07) is 7.96. The maximum absolute atomic E-state index is 12.2. The van der Waals surface area contributed by atoms with Crippen LogP contribution in [0.2, 0.25) is 0 Å². The first-order valence-electron chi connectivity index (χ1n) is 8.64. The van der Waals surface area contributed by atoms with E-state index in [0.717, 1.165) is 22.3 Å². The number of carbonyl (C=O) groups excluding carboxylic acids is 1. The van der Waals surface area contributed by atoms with Gasteiger partial charge in [-0.2, -0.15) is 0 Å². The monoisotopic (exact) mass is 393 g/mol. The Kier molecular flexibility index (Phi) is 7.46. The summed E-state index contributed by atoms with van der Waals surface area (Å²) in [5.74, 6) is 1.99. The number of ether oxygens (including phenoxy) is 1. The third-order valence-electron chi connectivity index (χ3n) is 3.67. The molecular weight excluding hydrogens is 366 g/mol. The Hall–Kier alpha value is -1.60. The van der Waals surface area contributed by atoms with Gasteiger partial charge in [-0.1, -0.05) is 62.9 Å². The number of hydrogen-bond donors (Lipinski definition) is 1.